The number of ether oxygens (including phenoxy) is 3. The van der Waals surface area contributed by atoms with Gasteiger partial charge >= 0.3 is 6.09 Å². The molecule has 39 heavy (non-hydrogen) atoms. The van der Waals surface area contributed by atoms with Gasteiger partial charge in [-0.2, -0.15) is 0 Å². The third kappa shape index (κ3) is 8.22. The van der Waals surface area contributed by atoms with Gasteiger partial charge in [-0.25, -0.2) is 4.79 Å². The maximum absolute atomic E-state index is 13.2. The van der Waals surface area contributed by atoms with E-state index in [0.29, 0.717) is 12.0 Å². The van der Waals surface area contributed by atoms with Crippen molar-refractivity contribution in [2.45, 2.75) is 65.0 Å². The second-order valence-electron chi connectivity index (χ2n) is 9.97. The summed E-state index contributed by atoms with van der Waals surface area (Å²) in [5, 5.41) is 13.6. The van der Waals surface area contributed by atoms with E-state index in [0.717, 1.165) is 6.08 Å². The van der Waals surface area contributed by atoms with Crippen LogP contribution in [0.1, 0.15) is 40.5 Å². The number of allylic oxidation sites excluding steroid dienone is 4. The number of amides is 2. The number of primary amides is 1. The number of aliphatic hydroxyl groups is 1. The van der Waals surface area contributed by atoms with Crippen LogP contribution in [-0.4, -0.2) is 67.3 Å². The highest BCUT2D eigenvalue weighted by molar-refractivity contribution is 6.23. The highest BCUT2D eigenvalue weighted by atomic mass is 16.6. The molecule has 1 aliphatic heterocycles. The van der Waals surface area contributed by atoms with Crippen molar-refractivity contribution in [3.05, 3.63) is 58.5 Å². The maximum Gasteiger partial charge on any atom is 0.405 e. The topological polar surface area (TPSA) is 180 Å². The Morgan fingerprint density at radius 3 is 2.38 bits per heavy atom. The molecule has 0 aromatic carbocycles. The molecule has 11 nitrogen and oxygen atoms in total. The van der Waals surface area contributed by atoms with Crippen LogP contribution in [0.15, 0.2) is 58.5 Å². The van der Waals surface area contributed by atoms with Crippen molar-refractivity contribution < 1.29 is 38.5 Å². The van der Waals surface area contributed by atoms with E-state index >= 15 is 0 Å². The summed E-state index contributed by atoms with van der Waals surface area (Å²) in [4.78, 5) is 50.1. The van der Waals surface area contributed by atoms with Crippen LogP contribution >= 0.6 is 0 Å². The summed E-state index contributed by atoms with van der Waals surface area (Å²) in [5.74, 6) is -2.37. The van der Waals surface area contributed by atoms with E-state index in [9.17, 15) is 24.3 Å². The molecule has 6 N–H and O–H groups in total. The maximum atomic E-state index is 13.2. The average molecular weight is 546 g/mol. The Labute approximate surface area is 228 Å². The minimum Gasteiger partial charge on any atom is -0.439 e. The lowest BCUT2D eigenvalue weighted by Gasteiger charge is -2.29. The summed E-state index contributed by atoms with van der Waals surface area (Å²) in [6.45, 7) is 6.89. The molecule has 0 spiro atoms. The second kappa shape index (κ2) is 14.0. The summed E-state index contributed by atoms with van der Waals surface area (Å²) in [6.07, 6.45) is 3.55. The van der Waals surface area contributed by atoms with Crippen molar-refractivity contribution in [2.75, 3.05) is 14.2 Å². The van der Waals surface area contributed by atoms with E-state index in [2.05, 4.69) is 5.32 Å². The second-order valence-corrected chi connectivity index (χ2v) is 9.97. The molecule has 0 radical (unpaired) electrons. The number of hydrogen-bond donors (Lipinski definition) is 4. The molecule has 2 bridgehead atoms. The van der Waals surface area contributed by atoms with Gasteiger partial charge in [0.05, 0.1) is 23.6 Å². The molecule has 11 heteroatoms. The van der Waals surface area contributed by atoms with Gasteiger partial charge in [-0.15, -0.1) is 0 Å². The summed E-state index contributed by atoms with van der Waals surface area (Å²) in [5.41, 5.74) is 11.9. The van der Waals surface area contributed by atoms with Crippen LogP contribution in [0.25, 0.3) is 0 Å². The standard InChI is InChI=1S/C28H39N3O8/c1-14-10-18-23(29)20(32)13-19(25(18)34)31-27(35)15(2)8-7-9-21(37-5)26(39-28(30)36)17(4)12-16(3)24(33)22(11-14)38-6/h7-9,12-14,16,21-22,24,26,33H,10-11,29H2,1-6H3,(H2,30,36)(H,31,35)/b9-7-,15-8-,17-12-/t14-,16-,21-,22-,24+,26-/m1/s1. The zero-order chi connectivity index (χ0) is 29.4. The fourth-order valence-corrected chi connectivity index (χ4v) is 4.61. The van der Waals surface area contributed by atoms with Crippen molar-refractivity contribution in [1.29, 1.82) is 0 Å². The molecular weight excluding hydrogens is 506 g/mol. The number of rotatable bonds is 3. The van der Waals surface area contributed by atoms with Gasteiger partial charge in [0.25, 0.3) is 5.91 Å². The number of methoxy groups -OCH3 is 2. The molecule has 2 amide bonds. The van der Waals surface area contributed by atoms with E-state index in [1.54, 1.807) is 26.0 Å². The van der Waals surface area contributed by atoms with Crippen LogP contribution < -0.4 is 16.8 Å². The van der Waals surface area contributed by atoms with Crippen LogP contribution in [0.2, 0.25) is 0 Å². The fourth-order valence-electron chi connectivity index (χ4n) is 4.61. The Kier molecular flexibility index (Phi) is 11.4. The molecular formula is C28H39N3O8. The first-order valence-electron chi connectivity index (χ1n) is 12.6. The quantitative estimate of drug-likeness (QED) is 0.303. The smallest absolute Gasteiger partial charge is 0.405 e. The average Bonchev–Trinajstić information content (AvgIpc) is 2.88. The molecule has 0 saturated heterocycles. The molecule has 0 unspecified atom stereocenters. The summed E-state index contributed by atoms with van der Waals surface area (Å²) in [7, 11) is 2.90. The number of fused-ring (bicyclic) bond motifs is 2. The monoisotopic (exact) mass is 545 g/mol. The Balaban J connectivity index is 2.58. The number of Topliss-reactive ketones (excluding diaryl/α,β-unsaturated/α-hetero) is 1. The first-order valence-corrected chi connectivity index (χ1v) is 12.6. The van der Waals surface area contributed by atoms with Crippen molar-refractivity contribution >= 4 is 23.6 Å². The van der Waals surface area contributed by atoms with Gasteiger partial charge in [0, 0.05) is 37.4 Å². The largest absolute Gasteiger partial charge is 0.439 e. The number of hydrogen-bond acceptors (Lipinski definition) is 9. The Morgan fingerprint density at radius 1 is 1.13 bits per heavy atom. The molecule has 0 aromatic rings. The minimum atomic E-state index is -1.00. The molecule has 1 heterocycles. The van der Waals surface area contributed by atoms with E-state index in [1.165, 1.54) is 33.3 Å². The Bertz CT molecular complexity index is 1130. The van der Waals surface area contributed by atoms with Crippen LogP contribution in [-0.2, 0) is 28.6 Å². The highest BCUT2D eigenvalue weighted by Crippen LogP contribution is 2.28. The van der Waals surface area contributed by atoms with Crippen LogP contribution in [0.5, 0.6) is 0 Å². The number of carbonyl (C=O) groups excluding carboxylic acids is 4. The van der Waals surface area contributed by atoms with E-state index in [4.69, 9.17) is 25.7 Å². The molecule has 214 valence electrons. The molecule has 2 rings (SSSR count). The van der Waals surface area contributed by atoms with Gasteiger partial charge in [0.15, 0.2) is 6.10 Å². The number of nitrogens with two attached hydrogens (primary N) is 2. The zero-order valence-corrected chi connectivity index (χ0v) is 23.2. The number of aliphatic hydroxyl groups excluding tert-OH is 1. The first kappa shape index (κ1) is 31.7. The first-order chi connectivity index (χ1) is 18.3. The van der Waals surface area contributed by atoms with Crippen molar-refractivity contribution in [2.24, 2.45) is 23.3 Å². The van der Waals surface area contributed by atoms with Gasteiger partial charge in [-0.3, -0.25) is 14.4 Å². The number of ketones is 2. The third-order valence-electron chi connectivity index (χ3n) is 6.84. The SMILES string of the molecule is CO[C@@H]1/C=C\C=C(\C)C(=O)NC2=CC(=O)C(N)=C(C[C@@H](C)C[C@@H](OC)[C@@H](O)[C@H](C)/C=C(/C)[C@H]1OC(N)=O)C2=O. The zero-order valence-electron chi connectivity index (χ0n) is 23.2. The van der Waals surface area contributed by atoms with Crippen LogP contribution in [0.4, 0.5) is 4.79 Å². The number of nitrogens with one attached hydrogen (secondary N) is 1. The Morgan fingerprint density at radius 2 is 1.79 bits per heavy atom. The van der Waals surface area contributed by atoms with Crippen molar-refractivity contribution in [3.8, 4) is 0 Å². The van der Waals surface area contributed by atoms with Crippen LogP contribution in [0.3, 0.4) is 0 Å². The number of carbonyl (C=O) groups is 4. The van der Waals surface area contributed by atoms with E-state index in [-0.39, 0.29) is 34.9 Å². The third-order valence-corrected chi connectivity index (χ3v) is 6.84. The fraction of sp³-hybridized carbons (Fsp3) is 0.500. The van der Waals surface area contributed by atoms with E-state index < -0.39 is 53.9 Å². The van der Waals surface area contributed by atoms with Gasteiger partial charge in [-0.05, 0) is 38.2 Å². The molecule has 0 saturated carbocycles. The lowest BCUT2D eigenvalue weighted by atomic mass is 9.85. The van der Waals surface area contributed by atoms with E-state index in [1.807, 2.05) is 6.92 Å². The molecule has 2 aliphatic rings. The van der Waals surface area contributed by atoms with Gasteiger partial charge in [0.1, 0.15) is 6.10 Å². The van der Waals surface area contributed by atoms with Gasteiger partial charge in [-0.1, -0.05) is 38.2 Å². The van der Waals surface area contributed by atoms with Crippen molar-refractivity contribution in [1.82, 2.24) is 5.32 Å². The van der Waals surface area contributed by atoms with Gasteiger partial charge in [0.2, 0.25) is 11.6 Å². The van der Waals surface area contributed by atoms with Crippen molar-refractivity contribution in [3.63, 3.8) is 0 Å². The lowest BCUT2D eigenvalue weighted by molar-refractivity contribution is -0.120. The van der Waals surface area contributed by atoms with Gasteiger partial charge < -0.3 is 36.1 Å². The predicted molar refractivity (Wildman–Crippen MR) is 144 cm³/mol. The lowest BCUT2D eigenvalue weighted by Crippen LogP contribution is -2.37. The summed E-state index contributed by atoms with van der Waals surface area (Å²) >= 11 is 0. The predicted octanol–water partition coefficient (Wildman–Crippen LogP) is 1.72. The summed E-state index contributed by atoms with van der Waals surface area (Å²) < 4.78 is 16.4. The molecule has 6 atom stereocenters. The molecule has 1 aliphatic carbocycles. The molecule has 0 aromatic heterocycles. The highest BCUT2D eigenvalue weighted by Gasteiger charge is 2.32. The Hall–Kier alpha value is -3.54. The normalized spacial score (nSPS) is 33.3. The van der Waals surface area contributed by atoms with Crippen LogP contribution in [0, 0.1) is 11.8 Å². The molecule has 0 fully saturated rings. The summed E-state index contributed by atoms with van der Waals surface area (Å²) in [6, 6.07) is 0. The minimum absolute atomic E-state index is 0.104.